The molecule has 1 aromatic rings. The van der Waals surface area contributed by atoms with Crippen LogP contribution in [0.1, 0.15) is 43.0 Å². The van der Waals surface area contributed by atoms with E-state index in [4.69, 9.17) is 0 Å². The van der Waals surface area contributed by atoms with Crippen molar-refractivity contribution in [3.63, 3.8) is 0 Å². The second kappa shape index (κ2) is 5.41. The summed E-state index contributed by atoms with van der Waals surface area (Å²) in [6, 6.07) is 4.31. The van der Waals surface area contributed by atoms with Gasteiger partial charge in [0.25, 0.3) is 0 Å². The zero-order chi connectivity index (χ0) is 14.0. The quantitative estimate of drug-likeness (QED) is 0.884. The minimum absolute atomic E-state index is 0.256. The van der Waals surface area contributed by atoms with Crippen LogP contribution in [0.5, 0.6) is 0 Å². The maximum atomic E-state index is 9.31. The molecule has 1 atom stereocenters. The van der Waals surface area contributed by atoms with Crippen molar-refractivity contribution in [2.24, 2.45) is 5.41 Å². The number of aromatic nitrogens is 1. The van der Waals surface area contributed by atoms with Crippen molar-refractivity contribution < 1.29 is 0 Å². The molecule has 3 rings (SSSR count). The number of anilines is 1. The molecule has 0 bridgehead atoms. The monoisotopic (exact) mass is 270 g/mol. The third kappa shape index (κ3) is 2.64. The minimum atomic E-state index is 0.256. The molecule has 0 spiro atoms. The van der Waals surface area contributed by atoms with Crippen LogP contribution in [0.2, 0.25) is 0 Å². The van der Waals surface area contributed by atoms with Crippen molar-refractivity contribution in [1.29, 1.82) is 5.26 Å². The molecular weight excluding hydrogens is 248 g/mol. The van der Waals surface area contributed by atoms with Crippen LogP contribution in [0.25, 0.3) is 0 Å². The van der Waals surface area contributed by atoms with Crippen molar-refractivity contribution in [2.75, 3.05) is 25.0 Å². The Bertz CT molecular complexity index is 538. The predicted molar refractivity (Wildman–Crippen MR) is 79.7 cm³/mol. The normalized spacial score (nSPS) is 25.0. The van der Waals surface area contributed by atoms with Gasteiger partial charge < -0.3 is 10.6 Å². The molecule has 4 heteroatoms. The lowest BCUT2D eigenvalue weighted by Crippen LogP contribution is -2.42. The summed E-state index contributed by atoms with van der Waals surface area (Å²) in [6.45, 7) is 5.33. The van der Waals surface area contributed by atoms with E-state index in [1.807, 2.05) is 6.07 Å². The molecular formula is C16H22N4. The lowest BCUT2D eigenvalue weighted by Gasteiger charge is -2.34. The standard InChI is InChI=1S/C16H22N4/c1-16(6-3-7-18-10-16)11-19-15-13(9-17)8-12-4-2-5-14(12)20-15/h8,18H,2-7,10-11H2,1H3,(H,19,20). The number of nitriles is 1. The highest BCUT2D eigenvalue weighted by Gasteiger charge is 2.27. The molecule has 0 radical (unpaired) electrons. The average molecular weight is 270 g/mol. The lowest BCUT2D eigenvalue weighted by molar-refractivity contribution is 0.253. The fourth-order valence-electron chi connectivity index (χ4n) is 3.26. The maximum absolute atomic E-state index is 9.31. The van der Waals surface area contributed by atoms with Gasteiger partial charge in [-0.05, 0) is 55.7 Å². The lowest BCUT2D eigenvalue weighted by atomic mass is 9.83. The number of aryl methyl sites for hydroxylation is 2. The van der Waals surface area contributed by atoms with Crippen LogP contribution >= 0.6 is 0 Å². The first-order valence-electron chi connectivity index (χ1n) is 7.58. The number of rotatable bonds is 3. The number of hydrogen-bond acceptors (Lipinski definition) is 4. The van der Waals surface area contributed by atoms with E-state index in [9.17, 15) is 5.26 Å². The van der Waals surface area contributed by atoms with Crippen LogP contribution in [-0.2, 0) is 12.8 Å². The molecule has 106 valence electrons. The summed E-state index contributed by atoms with van der Waals surface area (Å²) in [5, 5.41) is 16.2. The number of pyridine rings is 1. The summed E-state index contributed by atoms with van der Waals surface area (Å²) in [6.07, 6.45) is 5.73. The van der Waals surface area contributed by atoms with Crippen LogP contribution in [0.15, 0.2) is 6.07 Å². The van der Waals surface area contributed by atoms with Crippen molar-refractivity contribution >= 4 is 5.82 Å². The van der Waals surface area contributed by atoms with Gasteiger partial charge in [0, 0.05) is 18.8 Å². The van der Waals surface area contributed by atoms with Gasteiger partial charge in [0.2, 0.25) is 0 Å². The molecule has 2 N–H and O–H groups in total. The second-order valence-corrected chi connectivity index (χ2v) is 6.40. The van der Waals surface area contributed by atoms with Gasteiger partial charge in [0.15, 0.2) is 0 Å². The summed E-state index contributed by atoms with van der Waals surface area (Å²) in [4.78, 5) is 4.69. The van der Waals surface area contributed by atoms with Crippen LogP contribution in [0.3, 0.4) is 0 Å². The molecule has 1 fully saturated rings. The van der Waals surface area contributed by atoms with E-state index < -0.39 is 0 Å². The van der Waals surface area contributed by atoms with Crippen molar-refractivity contribution in [3.05, 3.63) is 22.9 Å². The van der Waals surface area contributed by atoms with E-state index in [1.54, 1.807) is 0 Å². The highest BCUT2D eigenvalue weighted by molar-refractivity contribution is 5.55. The summed E-state index contributed by atoms with van der Waals surface area (Å²) in [5.74, 6) is 0.778. The number of nitrogens with zero attached hydrogens (tertiary/aromatic N) is 2. The summed E-state index contributed by atoms with van der Waals surface area (Å²) in [5.41, 5.74) is 3.39. The maximum Gasteiger partial charge on any atom is 0.144 e. The summed E-state index contributed by atoms with van der Waals surface area (Å²) >= 11 is 0. The largest absolute Gasteiger partial charge is 0.368 e. The van der Waals surface area contributed by atoms with Gasteiger partial charge in [0.05, 0.1) is 5.56 Å². The van der Waals surface area contributed by atoms with Crippen molar-refractivity contribution in [3.8, 4) is 6.07 Å². The molecule has 20 heavy (non-hydrogen) atoms. The number of piperidine rings is 1. The Hall–Kier alpha value is -1.60. The van der Waals surface area contributed by atoms with Crippen LogP contribution in [0.4, 0.5) is 5.82 Å². The Morgan fingerprint density at radius 3 is 3.10 bits per heavy atom. The van der Waals surface area contributed by atoms with Crippen molar-refractivity contribution in [2.45, 2.75) is 39.0 Å². The first-order chi connectivity index (χ1) is 9.70. The van der Waals surface area contributed by atoms with E-state index in [2.05, 4.69) is 28.6 Å². The van der Waals surface area contributed by atoms with Gasteiger partial charge in [-0.15, -0.1) is 0 Å². The van der Waals surface area contributed by atoms with Crippen LogP contribution in [0, 0.1) is 16.7 Å². The summed E-state index contributed by atoms with van der Waals surface area (Å²) < 4.78 is 0. The summed E-state index contributed by atoms with van der Waals surface area (Å²) in [7, 11) is 0. The van der Waals surface area contributed by atoms with Gasteiger partial charge in [0.1, 0.15) is 11.9 Å². The van der Waals surface area contributed by atoms with Gasteiger partial charge >= 0.3 is 0 Å². The SMILES string of the molecule is CC1(CNc2nc3c(cc2C#N)CCC3)CCCNC1. The Labute approximate surface area is 120 Å². The van der Waals surface area contributed by atoms with Crippen LogP contribution < -0.4 is 10.6 Å². The smallest absolute Gasteiger partial charge is 0.144 e. The minimum Gasteiger partial charge on any atom is -0.368 e. The van der Waals surface area contributed by atoms with Gasteiger partial charge in [-0.1, -0.05) is 6.92 Å². The van der Waals surface area contributed by atoms with E-state index >= 15 is 0 Å². The zero-order valence-electron chi connectivity index (χ0n) is 12.1. The van der Waals surface area contributed by atoms with Gasteiger partial charge in [-0.25, -0.2) is 4.98 Å². The van der Waals surface area contributed by atoms with E-state index in [-0.39, 0.29) is 5.41 Å². The Balaban J connectivity index is 1.75. The molecule has 1 unspecified atom stereocenters. The van der Waals surface area contributed by atoms with Gasteiger partial charge in [-0.2, -0.15) is 5.26 Å². The van der Waals surface area contributed by atoms with E-state index in [0.717, 1.165) is 44.7 Å². The molecule has 4 nitrogen and oxygen atoms in total. The Kier molecular flexibility index (Phi) is 3.62. The fraction of sp³-hybridized carbons (Fsp3) is 0.625. The second-order valence-electron chi connectivity index (χ2n) is 6.40. The molecule has 0 saturated carbocycles. The first-order valence-corrected chi connectivity index (χ1v) is 7.58. The molecule has 0 amide bonds. The van der Waals surface area contributed by atoms with Crippen LogP contribution in [-0.4, -0.2) is 24.6 Å². The third-order valence-corrected chi connectivity index (χ3v) is 4.54. The topological polar surface area (TPSA) is 60.7 Å². The molecule has 1 saturated heterocycles. The molecule has 1 aliphatic carbocycles. The number of nitrogens with one attached hydrogen (secondary N) is 2. The molecule has 1 aliphatic heterocycles. The van der Waals surface area contributed by atoms with E-state index in [1.165, 1.54) is 24.1 Å². The average Bonchev–Trinajstić information content (AvgIpc) is 2.92. The van der Waals surface area contributed by atoms with Gasteiger partial charge in [-0.3, -0.25) is 0 Å². The zero-order valence-corrected chi connectivity index (χ0v) is 12.1. The highest BCUT2D eigenvalue weighted by Crippen LogP contribution is 2.28. The van der Waals surface area contributed by atoms with Crippen molar-refractivity contribution in [1.82, 2.24) is 10.3 Å². The van der Waals surface area contributed by atoms with E-state index in [0.29, 0.717) is 5.56 Å². The highest BCUT2D eigenvalue weighted by atomic mass is 15.0. The first kappa shape index (κ1) is 13.4. The molecule has 2 aliphatic rings. The predicted octanol–water partition coefficient (Wildman–Crippen LogP) is 2.24. The Morgan fingerprint density at radius 1 is 1.45 bits per heavy atom. The molecule has 2 heterocycles. The third-order valence-electron chi connectivity index (χ3n) is 4.54. The number of hydrogen-bond donors (Lipinski definition) is 2. The fourth-order valence-corrected chi connectivity index (χ4v) is 3.26. The number of fused-ring (bicyclic) bond motifs is 1. The molecule has 0 aromatic carbocycles. The Morgan fingerprint density at radius 2 is 2.35 bits per heavy atom. The molecule has 1 aromatic heterocycles.